The Hall–Kier alpha value is -3.21. The van der Waals surface area contributed by atoms with Gasteiger partial charge in [0.1, 0.15) is 11.4 Å². The molecule has 0 spiro atoms. The largest absolute Gasteiger partial charge is 0.356 e. The number of aromatic nitrogens is 2. The normalized spacial score (nSPS) is 17.7. The highest BCUT2D eigenvalue weighted by molar-refractivity contribution is 5.99. The first-order chi connectivity index (χ1) is 16.7. The molecule has 2 aliphatic heterocycles. The van der Waals surface area contributed by atoms with E-state index >= 15 is 0 Å². The van der Waals surface area contributed by atoms with E-state index in [9.17, 15) is 4.79 Å². The fourth-order valence-corrected chi connectivity index (χ4v) is 5.17. The van der Waals surface area contributed by atoms with E-state index in [-0.39, 0.29) is 5.91 Å². The van der Waals surface area contributed by atoms with Crippen LogP contribution in [-0.2, 0) is 6.42 Å². The van der Waals surface area contributed by atoms with Gasteiger partial charge in [0, 0.05) is 37.9 Å². The van der Waals surface area contributed by atoms with Gasteiger partial charge in [0.05, 0.1) is 0 Å². The molecule has 0 radical (unpaired) electrons. The van der Waals surface area contributed by atoms with Crippen LogP contribution in [0.1, 0.15) is 48.5 Å². The number of piperidine rings is 2. The zero-order valence-electron chi connectivity index (χ0n) is 20.1. The predicted octanol–water partition coefficient (Wildman–Crippen LogP) is 5.47. The van der Waals surface area contributed by atoms with E-state index < -0.39 is 0 Å². The Labute approximate surface area is 202 Å². The standard InChI is InChI=1S/C29H34N4O/c1-22-12-16-33(17-13-22)29(34)26-21-30-27(25-10-6-3-7-11-25)31-28(26)32-18-14-24(15-19-32)20-23-8-4-2-5-9-23/h2-11,21-22,24H,12-20H2,1H3. The molecular weight excluding hydrogens is 420 g/mol. The van der Waals surface area contributed by atoms with Crippen molar-refractivity contribution in [3.8, 4) is 11.4 Å². The lowest BCUT2D eigenvalue weighted by molar-refractivity contribution is 0.0697. The number of nitrogens with zero attached hydrogens (tertiary/aromatic N) is 4. The van der Waals surface area contributed by atoms with Crippen molar-refractivity contribution >= 4 is 11.7 Å². The second kappa shape index (κ2) is 10.4. The summed E-state index contributed by atoms with van der Waals surface area (Å²) >= 11 is 0. The maximum Gasteiger partial charge on any atom is 0.259 e. The lowest BCUT2D eigenvalue weighted by Gasteiger charge is -2.35. The minimum Gasteiger partial charge on any atom is -0.356 e. The summed E-state index contributed by atoms with van der Waals surface area (Å²) in [6.07, 6.45) is 7.22. The lowest BCUT2D eigenvalue weighted by atomic mass is 9.90. The molecule has 0 atom stereocenters. The Balaban J connectivity index is 1.38. The van der Waals surface area contributed by atoms with Gasteiger partial charge in [-0.05, 0) is 49.5 Å². The number of amides is 1. The van der Waals surface area contributed by atoms with Crippen LogP contribution < -0.4 is 4.90 Å². The topological polar surface area (TPSA) is 49.3 Å². The van der Waals surface area contributed by atoms with E-state index in [0.717, 1.165) is 69.7 Å². The smallest absolute Gasteiger partial charge is 0.259 e. The van der Waals surface area contributed by atoms with Crippen molar-refractivity contribution in [3.05, 3.63) is 78.0 Å². The molecule has 2 fully saturated rings. The van der Waals surface area contributed by atoms with Gasteiger partial charge >= 0.3 is 0 Å². The van der Waals surface area contributed by atoms with Crippen molar-refractivity contribution in [1.82, 2.24) is 14.9 Å². The average Bonchev–Trinajstić information content (AvgIpc) is 2.90. The molecule has 5 heteroatoms. The van der Waals surface area contributed by atoms with Crippen molar-refractivity contribution in [1.29, 1.82) is 0 Å². The number of carbonyl (C=O) groups is 1. The highest BCUT2D eigenvalue weighted by atomic mass is 16.2. The molecule has 0 aliphatic carbocycles. The summed E-state index contributed by atoms with van der Waals surface area (Å²) in [6, 6.07) is 20.8. The molecule has 176 valence electrons. The summed E-state index contributed by atoms with van der Waals surface area (Å²) in [5.41, 5.74) is 3.04. The van der Waals surface area contributed by atoms with E-state index in [0.29, 0.717) is 23.2 Å². The number of anilines is 1. The zero-order valence-corrected chi connectivity index (χ0v) is 20.1. The van der Waals surface area contributed by atoms with Gasteiger partial charge in [-0.15, -0.1) is 0 Å². The Morgan fingerprint density at radius 2 is 1.53 bits per heavy atom. The number of hydrogen-bond donors (Lipinski definition) is 0. The summed E-state index contributed by atoms with van der Waals surface area (Å²) in [4.78, 5) is 27.4. The van der Waals surface area contributed by atoms with Gasteiger partial charge in [-0.3, -0.25) is 4.79 Å². The number of benzene rings is 2. The Kier molecular flexibility index (Phi) is 6.89. The highest BCUT2D eigenvalue weighted by Crippen LogP contribution is 2.30. The summed E-state index contributed by atoms with van der Waals surface area (Å²) in [5.74, 6) is 2.91. The molecule has 2 aliphatic rings. The quantitative estimate of drug-likeness (QED) is 0.513. The number of rotatable bonds is 5. The number of carbonyl (C=O) groups excluding carboxylic acids is 1. The minimum atomic E-state index is 0.0768. The van der Waals surface area contributed by atoms with Gasteiger partial charge in [-0.2, -0.15) is 0 Å². The van der Waals surface area contributed by atoms with Crippen LogP contribution in [0.25, 0.3) is 11.4 Å². The number of hydrogen-bond acceptors (Lipinski definition) is 4. The lowest BCUT2D eigenvalue weighted by Crippen LogP contribution is -2.40. The van der Waals surface area contributed by atoms with Gasteiger partial charge < -0.3 is 9.80 Å². The fourth-order valence-electron chi connectivity index (χ4n) is 5.17. The monoisotopic (exact) mass is 454 g/mol. The van der Waals surface area contributed by atoms with E-state index in [1.807, 2.05) is 35.2 Å². The first-order valence-electron chi connectivity index (χ1n) is 12.7. The van der Waals surface area contributed by atoms with Crippen LogP contribution in [0, 0.1) is 11.8 Å². The minimum absolute atomic E-state index is 0.0768. The Bertz CT molecular complexity index is 1090. The third-order valence-electron chi connectivity index (χ3n) is 7.38. The van der Waals surface area contributed by atoms with Gasteiger partial charge in [0.25, 0.3) is 5.91 Å². The maximum absolute atomic E-state index is 13.5. The van der Waals surface area contributed by atoms with Crippen molar-refractivity contribution in [2.45, 2.75) is 39.0 Å². The molecule has 5 rings (SSSR count). The molecule has 1 amide bonds. The molecule has 1 aromatic heterocycles. The van der Waals surface area contributed by atoms with Gasteiger partial charge in [0.2, 0.25) is 0 Å². The Morgan fingerprint density at radius 3 is 2.21 bits per heavy atom. The van der Waals surface area contributed by atoms with Crippen LogP contribution in [0.2, 0.25) is 0 Å². The first kappa shape index (κ1) is 22.6. The van der Waals surface area contributed by atoms with Crippen molar-refractivity contribution in [3.63, 3.8) is 0 Å². The summed E-state index contributed by atoms with van der Waals surface area (Å²) in [7, 11) is 0. The van der Waals surface area contributed by atoms with Crippen molar-refractivity contribution in [2.24, 2.45) is 11.8 Å². The average molecular weight is 455 g/mol. The third-order valence-corrected chi connectivity index (χ3v) is 7.38. The van der Waals surface area contributed by atoms with Crippen molar-refractivity contribution < 1.29 is 4.79 Å². The van der Waals surface area contributed by atoms with Crippen LogP contribution in [-0.4, -0.2) is 47.0 Å². The molecular formula is C29H34N4O. The molecule has 34 heavy (non-hydrogen) atoms. The second-order valence-corrected chi connectivity index (χ2v) is 9.89. The SMILES string of the molecule is CC1CCN(C(=O)c2cnc(-c3ccccc3)nc2N2CCC(Cc3ccccc3)CC2)CC1. The van der Waals surface area contributed by atoms with Gasteiger partial charge in [-0.1, -0.05) is 67.6 Å². The molecule has 0 bridgehead atoms. The van der Waals surface area contributed by atoms with Gasteiger partial charge in [0.15, 0.2) is 5.82 Å². The summed E-state index contributed by atoms with van der Waals surface area (Å²) in [5, 5.41) is 0. The van der Waals surface area contributed by atoms with Crippen LogP contribution >= 0.6 is 0 Å². The van der Waals surface area contributed by atoms with Crippen LogP contribution in [0.3, 0.4) is 0 Å². The molecule has 2 saturated heterocycles. The third kappa shape index (κ3) is 5.14. The second-order valence-electron chi connectivity index (χ2n) is 9.89. The molecule has 0 saturated carbocycles. The van der Waals surface area contributed by atoms with E-state index in [1.54, 1.807) is 6.20 Å². The van der Waals surface area contributed by atoms with Crippen LogP contribution in [0.5, 0.6) is 0 Å². The summed E-state index contributed by atoms with van der Waals surface area (Å²) < 4.78 is 0. The first-order valence-corrected chi connectivity index (χ1v) is 12.7. The highest BCUT2D eigenvalue weighted by Gasteiger charge is 2.29. The molecule has 3 heterocycles. The predicted molar refractivity (Wildman–Crippen MR) is 137 cm³/mol. The molecule has 5 nitrogen and oxygen atoms in total. The maximum atomic E-state index is 13.5. The van der Waals surface area contributed by atoms with E-state index in [4.69, 9.17) is 4.98 Å². The zero-order chi connectivity index (χ0) is 23.3. The van der Waals surface area contributed by atoms with Crippen LogP contribution in [0.4, 0.5) is 5.82 Å². The van der Waals surface area contributed by atoms with Crippen molar-refractivity contribution in [2.75, 3.05) is 31.1 Å². The number of likely N-dealkylation sites (tertiary alicyclic amines) is 1. The van der Waals surface area contributed by atoms with E-state index in [1.165, 1.54) is 5.56 Å². The molecule has 0 N–H and O–H groups in total. The Morgan fingerprint density at radius 1 is 0.882 bits per heavy atom. The summed E-state index contributed by atoms with van der Waals surface area (Å²) in [6.45, 7) is 5.74. The molecule has 0 unspecified atom stereocenters. The molecule has 3 aromatic rings. The van der Waals surface area contributed by atoms with E-state index in [2.05, 4.69) is 47.1 Å². The fraction of sp³-hybridized carbons (Fsp3) is 0.414. The van der Waals surface area contributed by atoms with Crippen LogP contribution in [0.15, 0.2) is 66.9 Å². The molecule has 2 aromatic carbocycles. The van der Waals surface area contributed by atoms with Gasteiger partial charge in [-0.25, -0.2) is 9.97 Å².